The van der Waals surface area contributed by atoms with Crippen molar-refractivity contribution in [2.45, 2.75) is 65.7 Å². The van der Waals surface area contributed by atoms with Gasteiger partial charge in [0.05, 0.1) is 19.8 Å². The van der Waals surface area contributed by atoms with Gasteiger partial charge in [-0.3, -0.25) is 4.90 Å². The Hall–Kier alpha value is -0.780. The Balaban J connectivity index is 1.44. The van der Waals surface area contributed by atoms with Crippen molar-refractivity contribution < 1.29 is 4.74 Å². The Morgan fingerprint density at radius 1 is 1.03 bits per heavy atom. The summed E-state index contributed by atoms with van der Waals surface area (Å²) in [7, 11) is 0. The monoisotopic (exact) mass is 493 g/mol. The van der Waals surface area contributed by atoms with E-state index in [0.29, 0.717) is 0 Å². The van der Waals surface area contributed by atoms with Crippen LogP contribution in [0.4, 0.5) is 0 Å². The Morgan fingerprint density at radius 3 is 2.74 bits per heavy atom. The number of hydrogen-bond acceptors (Lipinski definition) is 10. The van der Waals surface area contributed by atoms with E-state index < -0.39 is 0 Å². The number of hydrogen-bond donors (Lipinski definition) is 0. The first-order chi connectivity index (χ1) is 15.3. The second kappa shape index (κ2) is 10.4. The number of rotatable bonds is 8. The molecule has 0 atom stereocenters. The average molecular weight is 494 g/mol. The van der Waals surface area contributed by atoms with Crippen LogP contribution in [-0.2, 0) is 24.1 Å². The summed E-state index contributed by atoms with van der Waals surface area (Å²) in [5.74, 6) is 2.02. The summed E-state index contributed by atoms with van der Waals surface area (Å²) in [5.41, 5.74) is 1.48. The quantitative estimate of drug-likeness (QED) is 0.238. The number of ether oxygens (including phenoxy) is 1. The number of unbranched alkanes of at least 4 members (excludes halogenated alkanes) is 1. The average Bonchev–Trinajstić information content (AvgIpc) is 3.38. The Bertz CT molecular complexity index is 1030. The van der Waals surface area contributed by atoms with Gasteiger partial charge in [0, 0.05) is 29.1 Å². The Labute approximate surface area is 199 Å². The summed E-state index contributed by atoms with van der Waals surface area (Å²) >= 11 is 7.05. The van der Waals surface area contributed by atoms with E-state index in [0.717, 1.165) is 69.4 Å². The van der Waals surface area contributed by atoms with Crippen molar-refractivity contribution in [1.82, 2.24) is 25.1 Å². The second-order valence-electron chi connectivity index (χ2n) is 7.86. The van der Waals surface area contributed by atoms with Crippen LogP contribution in [0.25, 0.3) is 10.2 Å². The first-order valence-corrected chi connectivity index (χ1v) is 14.5. The van der Waals surface area contributed by atoms with E-state index in [1.807, 2.05) is 23.1 Å². The van der Waals surface area contributed by atoms with Crippen LogP contribution >= 0.6 is 46.2 Å². The summed E-state index contributed by atoms with van der Waals surface area (Å²) in [4.78, 5) is 15.1. The molecule has 1 aliphatic carbocycles. The van der Waals surface area contributed by atoms with Crippen LogP contribution in [0.2, 0.25) is 0 Å². The maximum Gasteiger partial charge on any atom is 0.181 e. The molecule has 0 saturated carbocycles. The van der Waals surface area contributed by atoms with E-state index in [2.05, 4.69) is 22.0 Å². The minimum atomic E-state index is 0.781. The first kappa shape index (κ1) is 22.0. The normalized spacial score (nSPS) is 17.3. The molecule has 0 N–H and O–H groups in total. The van der Waals surface area contributed by atoms with Gasteiger partial charge in [-0.1, -0.05) is 36.4 Å². The van der Waals surface area contributed by atoms with Crippen LogP contribution in [0.5, 0.6) is 0 Å². The van der Waals surface area contributed by atoms with Gasteiger partial charge in [-0.2, -0.15) is 0 Å². The molecule has 1 fully saturated rings. The van der Waals surface area contributed by atoms with Gasteiger partial charge in [-0.25, -0.2) is 9.97 Å². The standard InChI is InChI=1S/C21H27N5OS4/c1-2-3-12-28-20-24-25-21(31-20)30-19-17-14-6-4-5-7-15(14)29-18(17)22-16(23-19)13-26-8-10-27-11-9-26/h2-13H2,1H3. The lowest BCUT2D eigenvalue weighted by Crippen LogP contribution is -2.36. The van der Waals surface area contributed by atoms with Gasteiger partial charge >= 0.3 is 0 Å². The molecular weight excluding hydrogens is 467 g/mol. The van der Waals surface area contributed by atoms with Crippen LogP contribution in [-0.4, -0.2) is 57.1 Å². The summed E-state index contributed by atoms with van der Waals surface area (Å²) in [5, 5.41) is 11.2. The predicted molar refractivity (Wildman–Crippen MR) is 130 cm³/mol. The van der Waals surface area contributed by atoms with E-state index in [1.54, 1.807) is 23.1 Å². The fraction of sp³-hybridized carbons (Fsp3) is 0.619. The van der Waals surface area contributed by atoms with Crippen LogP contribution in [0.3, 0.4) is 0 Å². The summed E-state index contributed by atoms with van der Waals surface area (Å²) in [6.07, 6.45) is 7.28. The molecule has 5 rings (SSSR count). The second-order valence-corrected chi connectivity index (χ2v) is 12.5. The highest BCUT2D eigenvalue weighted by molar-refractivity contribution is 8.03. The SMILES string of the molecule is CCCCSc1nnc(Sc2nc(CN3CCOCC3)nc3sc4c(c23)CCCC4)s1. The largest absolute Gasteiger partial charge is 0.379 e. The van der Waals surface area contributed by atoms with E-state index in [9.17, 15) is 0 Å². The highest BCUT2D eigenvalue weighted by Gasteiger charge is 2.23. The maximum atomic E-state index is 5.50. The minimum Gasteiger partial charge on any atom is -0.379 e. The number of nitrogens with zero attached hydrogens (tertiary/aromatic N) is 5. The lowest BCUT2D eigenvalue weighted by Gasteiger charge is -2.25. The van der Waals surface area contributed by atoms with Crippen LogP contribution in [0.15, 0.2) is 13.7 Å². The van der Waals surface area contributed by atoms with Crippen LogP contribution < -0.4 is 0 Å². The fourth-order valence-corrected chi connectivity index (χ4v) is 8.56. The topological polar surface area (TPSA) is 64.0 Å². The molecule has 1 aliphatic heterocycles. The summed E-state index contributed by atoms with van der Waals surface area (Å²) in [6, 6.07) is 0. The van der Waals surface area contributed by atoms with Crippen molar-refractivity contribution in [3.05, 3.63) is 16.3 Å². The number of morpholine rings is 1. The fourth-order valence-electron chi connectivity index (χ4n) is 3.95. The third kappa shape index (κ3) is 5.25. The van der Waals surface area contributed by atoms with E-state index >= 15 is 0 Å². The molecular formula is C21H27N5OS4. The lowest BCUT2D eigenvalue weighted by molar-refractivity contribution is 0.0330. The van der Waals surface area contributed by atoms with E-state index in [1.165, 1.54) is 47.9 Å². The molecule has 0 spiro atoms. The van der Waals surface area contributed by atoms with Gasteiger partial charge in [0.1, 0.15) is 15.7 Å². The Morgan fingerprint density at radius 2 is 1.87 bits per heavy atom. The molecule has 6 nitrogen and oxygen atoms in total. The van der Waals surface area contributed by atoms with Gasteiger partial charge in [0.15, 0.2) is 8.68 Å². The van der Waals surface area contributed by atoms with Crippen molar-refractivity contribution in [2.24, 2.45) is 0 Å². The molecule has 0 bridgehead atoms. The number of aromatic nitrogens is 4. The molecule has 0 amide bonds. The zero-order valence-electron chi connectivity index (χ0n) is 17.8. The molecule has 3 aromatic heterocycles. The maximum absolute atomic E-state index is 5.50. The van der Waals surface area contributed by atoms with Crippen molar-refractivity contribution >= 4 is 56.4 Å². The molecule has 0 unspecified atom stereocenters. The van der Waals surface area contributed by atoms with Crippen LogP contribution in [0, 0.1) is 0 Å². The predicted octanol–water partition coefficient (Wildman–Crippen LogP) is 5.30. The molecule has 1 saturated heterocycles. The molecule has 2 aliphatic rings. The van der Waals surface area contributed by atoms with Gasteiger partial charge < -0.3 is 4.74 Å². The number of thioether (sulfide) groups is 1. The van der Waals surface area contributed by atoms with Gasteiger partial charge in [-0.05, 0) is 49.4 Å². The van der Waals surface area contributed by atoms with Crippen molar-refractivity contribution in [1.29, 1.82) is 0 Å². The Kier molecular flexibility index (Phi) is 7.42. The highest BCUT2D eigenvalue weighted by Crippen LogP contribution is 2.42. The van der Waals surface area contributed by atoms with Gasteiger partial charge in [0.2, 0.25) is 0 Å². The third-order valence-electron chi connectivity index (χ3n) is 5.59. The van der Waals surface area contributed by atoms with E-state index in [4.69, 9.17) is 14.7 Å². The molecule has 166 valence electrons. The molecule has 0 radical (unpaired) electrons. The minimum absolute atomic E-state index is 0.781. The molecule has 10 heteroatoms. The lowest BCUT2D eigenvalue weighted by atomic mass is 9.97. The molecule has 31 heavy (non-hydrogen) atoms. The molecule has 4 heterocycles. The van der Waals surface area contributed by atoms with E-state index in [-0.39, 0.29) is 0 Å². The number of fused-ring (bicyclic) bond motifs is 3. The van der Waals surface area contributed by atoms with Gasteiger partial charge in [-0.15, -0.1) is 21.5 Å². The number of thiophene rings is 1. The van der Waals surface area contributed by atoms with Crippen LogP contribution in [0.1, 0.15) is 48.9 Å². The van der Waals surface area contributed by atoms with Crippen molar-refractivity contribution in [2.75, 3.05) is 32.1 Å². The highest BCUT2D eigenvalue weighted by atomic mass is 32.2. The zero-order chi connectivity index (χ0) is 21.0. The first-order valence-electron chi connectivity index (χ1n) is 11.1. The zero-order valence-corrected chi connectivity index (χ0v) is 21.0. The number of aryl methyl sites for hydroxylation is 2. The summed E-state index contributed by atoms with van der Waals surface area (Å²) < 4.78 is 7.54. The van der Waals surface area contributed by atoms with Crippen molar-refractivity contribution in [3.8, 4) is 0 Å². The molecule has 0 aromatic carbocycles. The molecule has 3 aromatic rings. The smallest absolute Gasteiger partial charge is 0.181 e. The third-order valence-corrected chi connectivity index (χ3v) is 9.96. The summed E-state index contributed by atoms with van der Waals surface area (Å²) in [6.45, 7) is 6.47. The van der Waals surface area contributed by atoms with Crippen molar-refractivity contribution in [3.63, 3.8) is 0 Å². The van der Waals surface area contributed by atoms with Gasteiger partial charge in [0.25, 0.3) is 0 Å².